The number of para-hydroxylation sites is 2. The Morgan fingerprint density at radius 3 is 2.67 bits per heavy atom. The lowest BCUT2D eigenvalue weighted by Gasteiger charge is -2.29. The van der Waals surface area contributed by atoms with Crippen molar-refractivity contribution in [3.8, 4) is 17.3 Å². The fourth-order valence-corrected chi connectivity index (χ4v) is 3.96. The number of hydrogen-bond donors (Lipinski definition) is 2. The molecule has 8 nitrogen and oxygen atoms in total. The fraction of sp³-hybridized carbons (Fsp3) is 0.160. The van der Waals surface area contributed by atoms with Gasteiger partial charge in [-0.2, -0.15) is 4.98 Å². The number of allylic oxidation sites excluding steroid dienone is 1. The quantitative estimate of drug-likeness (QED) is 0.444. The maximum Gasteiger partial charge on any atom is 0.255 e. The maximum atomic E-state index is 13.5. The van der Waals surface area contributed by atoms with Crippen LogP contribution in [0.4, 0.5) is 11.6 Å². The number of carbonyl (C=O) groups is 1. The Kier molecular flexibility index (Phi) is 5.40. The van der Waals surface area contributed by atoms with Crippen LogP contribution in [0.15, 0.2) is 88.7 Å². The average Bonchev–Trinajstić information content (AvgIpc) is 3.49. The number of carbonyl (C=O) groups excluding carboxylic acids is 1. The first-order chi connectivity index (χ1) is 16.2. The van der Waals surface area contributed by atoms with Gasteiger partial charge in [-0.1, -0.05) is 36.4 Å². The minimum Gasteiger partial charge on any atom is -0.494 e. The third kappa shape index (κ3) is 3.87. The van der Waals surface area contributed by atoms with E-state index in [-0.39, 0.29) is 5.91 Å². The van der Waals surface area contributed by atoms with E-state index in [9.17, 15) is 4.79 Å². The highest BCUT2D eigenvalue weighted by atomic mass is 16.5. The van der Waals surface area contributed by atoms with Crippen LogP contribution in [0.5, 0.6) is 5.75 Å². The number of amides is 1. The first kappa shape index (κ1) is 20.6. The Labute approximate surface area is 190 Å². The van der Waals surface area contributed by atoms with Crippen LogP contribution in [-0.4, -0.2) is 27.3 Å². The van der Waals surface area contributed by atoms with Crippen molar-refractivity contribution in [1.82, 2.24) is 14.8 Å². The molecule has 0 radical (unpaired) electrons. The average molecular weight is 441 g/mol. The van der Waals surface area contributed by atoms with Crippen LogP contribution in [-0.2, 0) is 4.79 Å². The maximum absolute atomic E-state index is 13.5. The molecule has 4 aromatic rings. The lowest BCUT2D eigenvalue weighted by molar-refractivity contribution is -0.113. The van der Waals surface area contributed by atoms with E-state index in [4.69, 9.17) is 14.3 Å². The number of nitrogens with one attached hydrogen (secondary N) is 2. The molecule has 1 atom stereocenters. The van der Waals surface area contributed by atoms with E-state index < -0.39 is 6.04 Å². The van der Waals surface area contributed by atoms with Crippen molar-refractivity contribution in [1.29, 1.82) is 0 Å². The van der Waals surface area contributed by atoms with Crippen LogP contribution in [0, 0.1) is 0 Å². The summed E-state index contributed by atoms with van der Waals surface area (Å²) in [7, 11) is 0. The molecular weight excluding hydrogens is 418 g/mol. The number of furan rings is 1. The van der Waals surface area contributed by atoms with Gasteiger partial charge in [0.05, 0.1) is 18.4 Å². The standard InChI is InChI=1S/C25H23N5O3/c1-3-32-19-13-8-7-12-18(19)22-21(24(31)27-17-10-5-4-6-11-17)16(2)26-25-28-23(29-30(22)25)20-14-9-15-33-20/h4-15,22H,3H2,1-2H3,(H,27,31)(H,26,28,29). The molecular formula is C25H23N5O3. The van der Waals surface area contributed by atoms with Gasteiger partial charge < -0.3 is 19.8 Å². The smallest absolute Gasteiger partial charge is 0.255 e. The van der Waals surface area contributed by atoms with Crippen molar-refractivity contribution in [2.24, 2.45) is 0 Å². The minimum atomic E-state index is -0.552. The van der Waals surface area contributed by atoms with Gasteiger partial charge in [-0.15, -0.1) is 5.10 Å². The summed E-state index contributed by atoms with van der Waals surface area (Å²) in [5, 5.41) is 10.9. The fourth-order valence-electron chi connectivity index (χ4n) is 3.96. The molecule has 1 aliphatic rings. The van der Waals surface area contributed by atoms with Crippen LogP contribution < -0.4 is 15.4 Å². The Morgan fingerprint density at radius 1 is 1.12 bits per heavy atom. The van der Waals surface area contributed by atoms with E-state index >= 15 is 0 Å². The summed E-state index contributed by atoms with van der Waals surface area (Å²) in [5.41, 5.74) is 2.73. The number of hydrogen-bond acceptors (Lipinski definition) is 6. The first-order valence-electron chi connectivity index (χ1n) is 10.7. The number of rotatable bonds is 6. The van der Waals surface area contributed by atoms with E-state index in [1.807, 2.05) is 68.4 Å². The molecule has 1 amide bonds. The largest absolute Gasteiger partial charge is 0.494 e. The van der Waals surface area contributed by atoms with Crippen LogP contribution >= 0.6 is 0 Å². The van der Waals surface area contributed by atoms with Crippen LogP contribution in [0.3, 0.4) is 0 Å². The van der Waals surface area contributed by atoms with E-state index in [1.165, 1.54) is 0 Å². The van der Waals surface area contributed by atoms with Crippen molar-refractivity contribution in [2.45, 2.75) is 19.9 Å². The topological polar surface area (TPSA) is 94.2 Å². The van der Waals surface area contributed by atoms with Crippen molar-refractivity contribution >= 4 is 17.5 Å². The number of anilines is 2. The van der Waals surface area contributed by atoms with Crippen molar-refractivity contribution in [2.75, 3.05) is 17.2 Å². The molecule has 0 bridgehead atoms. The molecule has 166 valence electrons. The van der Waals surface area contributed by atoms with Gasteiger partial charge in [0.2, 0.25) is 11.8 Å². The minimum absolute atomic E-state index is 0.233. The number of nitrogens with zero attached hydrogens (tertiary/aromatic N) is 3. The van der Waals surface area contributed by atoms with Gasteiger partial charge in [0, 0.05) is 16.9 Å². The molecule has 0 spiro atoms. The highest BCUT2D eigenvalue weighted by molar-refractivity contribution is 6.06. The van der Waals surface area contributed by atoms with Crippen molar-refractivity contribution < 1.29 is 13.9 Å². The Morgan fingerprint density at radius 2 is 1.91 bits per heavy atom. The molecule has 33 heavy (non-hydrogen) atoms. The van der Waals surface area contributed by atoms with Crippen molar-refractivity contribution in [3.63, 3.8) is 0 Å². The van der Waals surface area contributed by atoms with Gasteiger partial charge in [0.15, 0.2) is 5.76 Å². The molecule has 8 heteroatoms. The molecule has 0 saturated carbocycles. The number of benzene rings is 2. The molecule has 1 unspecified atom stereocenters. The predicted molar refractivity (Wildman–Crippen MR) is 125 cm³/mol. The van der Waals surface area contributed by atoms with Gasteiger partial charge in [-0.3, -0.25) is 4.79 Å². The van der Waals surface area contributed by atoms with Crippen LogP contribution in [0.1, 0.15) is 25.5 Å². The second kappa shape index (κ2) is 8.66. The van der Waals surface area contributed by atoms with Gasteiger partial charge in [-0.05, 0) is 44.2 Å². The van der Waals surface area contributed by atoms with Gasteiger partial charge in [-0.25, -0.2) is 4.68 Å². The predicted octanol–water partition coefficient (Wildman–Crippen LogP) is 4.86. The molecule has 0 aliphatic carbocycles. The van der Waals surface area contributed by atoms with Gasteiger partial charge >= 0.3 is 0 Å². The first-order valence-corrected chi connectivity index (χ1v) is 10.7. The van der Waals surface area contributed by atoms with Gasteiger partial charge in [0.25, 0.3) is 5.91 Å². The Bertz CT molecular complexity index is 1310. The normalized spacial score (nSPS) is 15.0. The summed E-state index contributed by atoms with van der Waals surface area (Å²) >= 11 is 0. The molecule has 5 rings (SSSR count). The number of ether oxygens (including phenoxy) is 1. The molecule has 1 aliphatic heterocycles. The molecule has 2 aromatic heterocycles. The number of fused-ring (bicyclic) bond motifs is 1. The molecule has 0 fully saturated rings. The summed E-state index contributed by atoms with van der Waals surface area (Å²) in [6.07, 6.45) is 1.58. The third-order valence-corrected chi connectivity index (χ3v) is 5.38. The lowest BCUT2D eigenvalue weighted by atomic mass is 9.94. The molecule has 0 saturated heterocycles. The van der Waals surface area contributed by atoms with E-state index in [2.05, 4.69) is 15.6 Å². The zero-order chi connectivity index (χ0) is 22.8. The second-order valence-corrected chi connectivity index (χ2v) is 7.54. The Hall–Kier alpha value is -4.33. The van der Waals surface area contributed by atoms with E-state index in [1.54, 1.807) is 23.1 Å². The summed E-state index contributed by atoms with van der Waals surface area (Å²) < 4.78 is 13.1. The Balaban J connectivity index is 1.64. The SMILES string of the molecule is CCOc1ccccc1C1C(C(=O)Nc2ccccc2)=C(C)Nc2nc(-c3ccco3)nn21. The monoisotopic (exact) mass is 441 g/mol. The van der Waals surface area contributed by atoms with Crippen LogP contribution in [0.25, 0.3) is 11.6 Å². The molecule has 3 heterocycles. The lowest BCUT2D eigenvalue weighted by Crippen LogP contribution is -2.31. The summed E-state index contributed by atoms with van der Waals surface area (Å²) in [5.74, 6) is 1.95. The van der Waals surface area contributed by atoms with Gasteiger partial charge in [0.1, 0.15) is 11.8 Å². The second-order valence-electron chi connectivity index (χ2n) is 7.54. The van der Waals surface area contributed by atoms with Crippen molar-refractivity contribution in [3.05, 3.63) is 89.8 Å². The van der Waals surface area contributed by atoms with Crippen LogP contribution in [0.2, 0.25) is 0 Å². The highest BCUT2D eigenvalue weighted by Crippen LogP contribution is 2.40. The summed E-state index contributed by atoms with van der Waals surface area (Å²) in [4.78, 5) is 18.2. The molecule has 2 N–H and O–H groups in total. The summed E-state index contributed by atoms with van der Waals surface area (Å²) in [6.45, 7) is 4.29. The zero-order valence-electron chi connectivity index (χ0n) is 18.3. The third-order valence-electron chi connectivity index (χ3n) is 5.38. The summed E-state index contributed by atoms with van der Waals surface area (Å²) in [6, 6.07) is 20.1. The van der Waals surface area contributed by atoms with E-state index in [0.717, 1.165) is 5.56 Å². The zero-order valence-corrected chi connectivity index (χ0v) is 18.3. The number of aromatic nitrogens is 3. The highest BCUT2D eigenvalue weighted by Gasteiger charge is 2.36. The molecule has 2 aromatic carbocycles. The van der Waals surface area contributed by atoms with E-state index in [0.29, 0.717) is 46.8 Å².